The summed E-state index contributed by atoms with van der Waals surface area (Å²) in [6.07, 6.45) is 4.32. The van der Waals surface area contributed by atoms with Crippen molar-refractivity contribution < 1.29 is 4.79 Å². The van der Waals surface area contributed by atoms with Gasteiger partial charge in [0.1, 0.15) is 6.04 Å². The molecular formula is C19H24N4OS. The summed E-state index contributed by atoms with van der Waals surface area (Å²) in [6.45, 7) is 3.52. The molecule has 1 amide bonds. The van der Waals surface area contributed by atoms with Crippen molar-refractivity contribution in [1.29, 1.82) is 0 Å². The van der Waals surface area contributed by atoms with E-state index >= 15 is 0 Å². The lowest BCUT2D eigenvalue weighted by Gasteiger charge is -2.23. The van der Waals surface area contributed by atoms with E-state index in [1.807, 2.05) is 42.2 Å². The Hall–Kier alpha value is -1.89. The number of nitrogens with zero attached hydrogens (tertiary/aromatic N) is 2. The quantitative estimate of drug-likeness (QED) is 0.747. The van der Waals surface area contributed by atoms with Crippen LogP contribution in [-0.2, 0) is 4.79 Å². The Morgan fingerprint density at radius 1 is 1.20 bits per heavy atom. The molecule has 1 saturated heterocycles. The summed E-state index contributed by atoms with van der Waals surface area (Å²) >= 11 is 1.78. The molecule has 0 bridgehead atoms. The first-order chi connectivity index (χ1) is 12.3. The van der Waals surface area contributed by atoms with Gasteiger partial charge in [-0.2, -0.15) is 0 Å². The molecule has 0 aliphatic carbocycles. The number of carbonyl (C=O) groups excluding carboxylic acids is 1. The van der Waals surface area contributed by atoms with Gasteiger partial charge in [-0.05, 0) is 43.2 Å². The molecule has 0 saturated carbocycles. The van der Waals surface area contributed by atoms with E-state index in [0.717, 1.165) is 30.8 Å². The van der Waals surface area contributed by atoms with Crippen molar-refractivity contribution in [2.45, 2.75) is 30.3 Å². The highest BCUT2D eigenvalue weighted by molar-refractivity contribution is 7.99. The molecule has 1 aromatic heterocycles. The molecule has 5 nitrogen and oxygen atoms in total. The molecule has 25 heavy (non-hydrogen) atoms. The van der Waals surface area contributed by atoms with Gasteiger partial charge < -0.3 is 4.90 Å². The fourth-order valence-corrected chi connectivity index (χ4v) is 3.86. The van der Waals surface area contributed by atoms with Crippen LogP contribution in [0.1, 0.15) is 24.9 Å². The molecule has 1 aromatic carbocycles. The topological polar surface area (TPSA) is 57.3 Å². The molecule has 6 heteroatoms. The van der Waals surface area contributed by atoms with Gasteiger partial charge in [0.25, 0.3) is 0 Å². The van der Waals surface area contributed by atoms with Crippen molar-refractivity contribution in [3.8, 4) is 0 Å². The number of aromatic nitrogens is 1. The van der Waals surface area contributed by atoms with Gasteiger partial charge in [0.15, 0.2) is 0 Å². The van der Waals surface area contributed by atoms with Gasteiger partial charge >= 0.3 is 0 Å². The first-order valence-electron chi connectivity index (χ1n) is 8.65. The van der Waals surface area contributed by atoms with Gasteiger partial charge in [0, 0.05) is 42.2 Å². The summed E-state index contributed by atoms with van der Waals surface area (Å²) in [5.74, 6) is 1.07. The maximum atomic E-state index is 12.8. The van der Waals surface area contributed by atoms with Crippen LogP contribution in [0.2, 0.25) is 0 Å². The number of hydrazine groups is 1. The average molecular weight is 356 g/mol. The van der Waals surface area contributed by atoms with Crippen LogP contribution in [0.4, 0.5) is 0 Å². The van der Waals surface area contributed by atoms with Crippen molar-refractivity contribution in [2.24, 2.45) is 0 Å². The maximum Gasteiger partial charge on any atom is 0.241 e. The molecule has 2 unspecified atom stereocenters. The van der Waals surface area contributed by atoms with Gasteiger partial charge in [0.2, 0.25) is 5.91 Å². The minimum Gasteiger partial charge on any atom is -0.341 e. The van der Waals surface area contributed by atoms with E-state index in [2.05, 4.69) is 28.0 Å². The van der Waals surface area contributed by atoms with Crippen LogP contribution in [0.25, 0.3) is 0 Å². The number of nitrogens with one attached hydrogen (secondary N) is 2. The first kappa shape index (κ1) is 17.9. The third kappa shape index (κ3) is 4.81. The second kappa shape index (κ2) is 8.99. The van der Waals surface area contributed by atoms with Crippen LogP contribution in [0.3, 0.4) is 0 Å². The molecule has 1 aliphatic rings. The lowest BCUT2D eigenvalue weighted by atomic mass is 10.0. The summed E-state index contributed by atoms with van der Waals surface area (Å²) < 4.78 is 0. The first-order valence-corrected chi connectivity index (χ1v) is 9.64. The Bertz CT molecular complexity index is 668. The number of likely N-dealkylation sites (N-methyl/N-ethyl adjacent to an activating group) is 1. The highest BCUT2D eigenvalue weighted by Gasteiger charge is 2.32. The van der Waals surface area contributed by atoms with Crippen molar-refractivity contribution in [3.63, 3.8) is 0 Å². The number of rotatable bonds is 7. The summed E-state index contributed by atoms with van der Waals surface area (Å²) in [4.78, 5) is 20.0. The summed E-state index contributed by atoms with van der Waals surface area (Å²) in [5.41, 5.74) is 7.55. The molecule has 2 N–H and O–H groups in total. The number of benzene rings is 1. The van der Waals surface area contributed by atoms with Crippen LogP contribution in [0.15, 0.2) is 59.8 Å². The second-order valence-corrected chi connectivity index (χ2v) is 7.16. The fraction of sp³-hybridized carbons (Fsp3) is 0.368. The van der Waals surface area contributed by atoms with Crippen molar-refractivity contribution >= 4 is 17.7 Å². The van der Waals surface area contributed by atoms with Crippen LogP contribution >= 0.6 is 11.8 Å². The Labute approximate surface area is 153 Å². The second-order valence-electron chi connectivity index (χ2n) is 5.99. The van der Waals surface area contributed by atoms with E-state index in [9.17, 15) is 4.79 Å². The van der Waals surface area contributed by atoms with E-state index in [1.165, 1.54) is 4.90 Å². The molecule has 132 valence electrons. The van der Waals surface area contributed by atoms with Crippen LogP contribution in [0.5, 0.6) is 0 Å². The zero-order valence-corrected chi connectivity index (χ0v) is 15.2. The fourth-order valence-electron chi connectivity index (χ4n) is 2.97. The summed E-state index contributed by atoms with van der Waals surface area (Å²) in [5, 5.41) is 0. The SMILES string of the molecule is CCN(CCSc1ccccc1)C(=O)C1CC(c2ccncc2)NN1. The minimum atomic E-state index is -0.181. The molecule has 1 fully saturated rings. The number of pyridine rings is 1. The molecule has 2 atom stereocenters. The van der Waals surface area contributed by atoms with Gasteiger partial charge in [-0.3, -0.25) is 9.78 Å². The molecule has 2 aromatic rings. The largest absolute Gasteiger partial charge is 0.341 e. The lowest BCUT2D eigenvalue weighted by molar-refractivity contribution is -0.132. The zero-order valence-electron chi connectivity index (χ0n) is 14.4. The Kier molecular flexibility index (Phi) is 6.44. The summed E-state index contributed by atoms with van der Waals surface area (Å²) in [6, 6.07) is 14.2. The Balaban J connectivity index is 1.50. The molecule has 2 heterocycles. The summed E-state index contributed by atoms with van der Waals surface area (Å²) in [7, 11) is 0. The van der Waals surface area contributed by atoms with Gasteiger partial charge in [0.05, 0.1) is 0 Å². The third-order valence-corrected chi connectivity index (χ3v) is 5.37. The van der Waals surface area contributed by atoms with Crippen molar-refractivity contribution in [1.82, 2.24) is 20.7 Å². The normalized spacial score (nSPS) is 19.7. The predicted molar refractivity (Wildman–Crippen MR) is 101 cm³/mol. The molecule has 3 rings (SSSR count). The van der Waals surface area contributed by atoms with Gasteiger partial charge in [-0.1, -0.05) is 18.2 Å². The number of thioether (sulfide) groups is 1. The van der Waals surface area contributed by atoms with Crippen LogP contribution < -0.4 is 10.9 Å². The average Bonchev–Trinajstić information content (AvgIpc) is 3.16. The molecule has 0 spiro atoms. The van der Waals surface area contributed by atoms with Gasteiger partial charge in [-0.25, -0.2) is 10.9 Å². The Morgan fingerprint density at radius 2 is 1.96 bits per heavy atom. The highest BCUT2D eigenvalue weighted by Crippen LogP contribution is 2.23. The smallest absolute Gasteiger partial charge is 0.241 e. The van der Waals surface area contributed by atoms with Crippen LogP contribution in [-0.4, -0.2) is 40.7 Å². The van der Waals surface area contributed by atoms with Crippen molar-refractivity contribution in [3.05, 3.63) is 60.4 Å². The predicted octanol–water partition coefficient (Wildman–Crippen LogP) is 2.63. The number of hydrogen-bond acceptors (Lipinski definition) is 5. The zero-order chi connectivity index (χ0) is 17.5. The van der Waals surface area contributed by atoms with E-state index in [0.29, 0.717) is 0 Å². The minimum absolute atomic E-state index is 0.148. The standard InChI is InChI=1S/C19H24N4OS/c1-2-23(12-13-25-16-6-4-3-5-7-16)19(24)18-14-17(21-22-18)15-8-10-20-11-9-15/h3-11,17-18,21-22H,2,12-14H2,1H3. The highest BCUT2D eigenvalue weighted by atomic mass is 32.2. The Morgan fingerprint density at radius 3 is 2.68 bits per heavy atom. The monoisotopic (exact) mass is 356 g/mol. The van der Waals surface area contributed by atoms with Crippen molar-refractivity contribution in [2.75, 3.05) is 18.8 Å². The number of hydrogen-bond donors (Lipinski definition) is 2. The molecular weight excluding hydrogens is 332 g/mol. The van der Waals surface area contributed by atoms with E-state index in [1.54, 1.807) is 24.2 Å². The third-order valence-electron chi connectivity index (χ3n) is 4.38. The lowest BCUT2D eigenvalue weighted by Crippen LogP contribution is -2.46. The number of carbonyl (C=O) groups is 1. The van der Waals surface area contributed by atoms with Gasteiger partial charge in [-0.15, -0.1) is 11.8 Å². The van der Waals surface area contributed by atoms with E-state index < -0.39 is 0 Å². The van der Waals surface area contributed by atoms with E-state index in [4.69, 9.17) is 0 Å². The molecule has 0 radical (unpaired) electrons. The maximum absolute atomic E-state index is 12.8. The van der Waals surface area contributed by atoms with Crippen LogP contribution in [0, 0.1) is 0 Å². The van der Waals surface area contributed by atoms with E-state index in [-0.39, 0.29) is 18.0 Å². The molecule has 1 aliphatic heterocycles. The number of amides is 1.